The molecule has 0 fully saturated rings. The summed E-state index contributed by atoms with van der Waals surface area (Å²) >= 11 is 0. The average Bonchev–Trinajstić information content (AvgIpc) is 3.43. The van der Waals surface area contributed by atoms with Crippen molar-refractivity contribution < 1.29 is 19.0 Å². The summed E-state index contributed by atoms with van der Waals surface area (Å²) in [5.74, 6) is 0.891. The van der Waals surface area contributed by atoms with Gasteiger partial charge >= 0.3 is 0 Å². The van der Waals surface area contributed by atoms with Crippen LogP contribution in [-0.4, -0.2) is 56.2 Å². The van der Waals surface area contributed by atoms with Crippen LogP contribution in [0.4, 0.5) is 16.0 Å². The normalized spacial score (nSPS) is 11.7. The number of fused-ring (bicyclic) bond motifs is 1. The van der Waals surface area contributed by atoms with Gasteiger partial charge in [0.05, 0.1) is 19.4 Å². The van der Waals surface area contributed by atoms with Crippen molar-refractivity contribution >= 4 is 23.1 Å². The van der Waals surface area contributed by atoms with Gasteiger partial charge < -0.3 is 15.2 Å². The number of aliphatic hydroxyl groups is 1. The fraction of sp³-hybridized carbons (Fsp3) is 0.286. The van der Waals surface area contributed by atoms with Crippen molar-refractivity contribution in [2.75, 3.05) is 25.6 Å². The molecule has 228 valence electrons. The van der Waals surface area contributed by atoms with Crippen LogP contribution in [0.1, 0.15) is 37.5 Å². The average molecular weight is 596 g/mol. The molecule has 0 radical (unpaired) electrons. The van der Waals surface area contributed by atoms with Gasteiger partial charge in [0, 0.05) is 36.7 Å². The van der Waals surface area contributed by atoms with Gasteiger partial charge in [0.2, 0.25) is 5.95 Å². The van der Waals surface area contributed by atoms with Gasteiger partial charge in [-0.3, -0.25) is 9.69 Å². The number of aliphatic hydroxyl groups excluding tert-OH is 1. The van der Waals surface area contributed by atoms with Gasteiger partial charge in [-0.15, -0.1) is 5.10 Å². The summed E-state index contributed by atoms with van der Waals surface area (Å²) in [5.41, 5.74) is 5.88. The smallest absolute Gasteiger partial charge is 0.247 e. The van der Waals surface area contributed by atoms with Crippen LogP contribution < -0.4 is 10.1 Å². The van der Waals surface area contributed by atoms with Crippen LogP contribution in [0.15, 0.2) is 85.1 Å². The number of hydrogen-bond donors (Lipinski definition) is 2. The first-order chi connectivity index (χ1) is 21.2. The second-order valence-corrected chi connectivity index (χ2v) is 11.5. The summed E-state index contributed by atoms with van der Waals surface area (Å²) in [5, 5.41) is 17.7. The topological polar surface area (TPSA) is 92.0 Å². The van der Waals surface area contributed by atoms with Crippen molar-refractivity contribution in [2.45, 2.75) is 45.7 Å². The molecule has 0 saturated carbocycles. The molecule has 0 aliphatic rings. The fourth-order valence-electron chi connectivity index (χ4n) is 5.17. The third-order valence-corrected chi connectivity index (χ3v) is 7.84. The molecule has 0 atom stereocenters. The Labute approximate surface area is 257 Å². The summed E-state index contributed by atoms with van der Waals surface area (Å²) in [4.78, 5) is 19.4. The van der Waals surface area contributed by atoms with E-state index in [1.807, 2.05) is 74.6 Å². The number of anilines is 2. The second kappa shape index (κ2) is 13.4. The van der Waals surface area contributed by atoms with E-state index in [0.717, 1.165) is 40.0 Å². The maximum atomic E-state index is 13.1. The van der Waals surface area contributed by atoms with Crippen molar-refractivity contribution in [1.29, 1.82) is 0 Å². The number of carbonyl (C=O) groups excluding carboxylic acids is 1. The van der Waals surface area contributed by atoms with Gasteiger partial charge in [-0.25, -0.2) is 8.91 Å². The summed E-state index contributed by atoms with van der Waals surface area (Å²) in [6.45, 7) is 7.71. The first-order valence-electron chi connectivity index (χ1n) is 14.7. The number of nitrogens with one attached hydrogen (secondary N) is 1. The van der Waals surface area contributed by atoms with Crippen LogP contribution in [0.2, 0.25) is 0 Å². The number of aromatic nitrogens is 3. The van der Waals surface area contributed by atoms with Crippen molar-refractivity contribution in [3.63, 3.8) is 0 Å². The summed E-state index contributed by atoms with van der Waals surface area (Å²) in [7, 11) is 1.63. The Kier molecular flexibility index (Phi) is 9.37. The molecular weight excluding hydrogens is 557 g/mol. The number of likely N-dealkylation sites (N-methyl/N-ethyl adjacent to an activating group) is 1. The van der Waals surface area contributed by atoms with Gasteiger partial charge in [0.25, 0.3) is 0 Å². The van der Waals surface area contributed by atoms with Crippen LogP contribution in [0.3, 0.4) is 0 Å². The van der Waals surface area contributed by atoms with Crippen molar-refractivity contribution in [3.8, 4) is 16.9 Å². The molecule has 3 aromatic carbocycles. The molecule has 0 amide bonds. The maximum Gasteiger partial charge on any atom is 0.247 e. The zero-order chi connectivity index (χ0) is 31.3. The minimum atomic E-state index is -0.328. The third-order valence-electron chi connectivity index (χ3n) is 7.84. The van der Waals surface area contributed by atoms with E-state index < -0.39 is 0 Å². The number of hydrogen-bond acceptors (Lipinski definition) is 7. The van der Waals surface area contributed by atoms with Gasteiger partial charge in [-0.2, -0.15) is 4.98 Å². The SMILES string of the molecule is CCN(Cc1ccc(Nc2nc3ccc(-c4ccc(CC(=O)Cc5ccc(F)cc5)cc4)cn3n2)c(OC)c1)C(C)(C)CO. The van der Waals surface area contributed by atoms with Crippen LogP contribution in [-0.2, 0) is 24.2 Å². The zero-order valence-corrected chi connectivity index (χ0v) is 25.5. The highest BCUT2D eigenvalue weighted by atomic mass is 19.1. The monoisotopic (exact) mass is 595 g/mol. The molecule has 2 heterocycles. The Bertz CT molecular complexity index is 1730. The van der Waals surface area contributed by atoms with Gasteiger partial charge in [-0.05, 0) is 79.0 Å². The molecule has 8 nitrogen and oxygen atoms in total. The van der Waals surface area contributed by atoms with E-state index in [-0.39, 0.29) is 30.2 Å². The molecule has 2 aromatic heterocycles. The molecule has 0 aliphatic carbocycles. The van der Waals surface area contributed by atoms with E-state index in [4.69, 9.17) is 4.74 Å². The lowest BCUT2D eigenvalue weighted by Crippen LogP contribution is -2.46. The van der Waals surface area contributed by atoms with Crippen LogP contribution in [0, 0.1) is 5.82 Å². The number of ether oxygens (including phenoxy) is 1. The van der Waals surface area contributed by atoms with E-state index in [0.29, 0.717) is 30.3 Å². The van der Waals surface area contributed by atoms with E-state index in [2.05, 4.69) is 27.2 Å². The van der Waals surface area contributed by atoms with Crippen molar-refractivity contribution in [2.24, 2.45) is 0 Å². The van der Waals surface area contributed by atoms with Crippen LogP contribution in [0.25, 0.3) is 16.8 Å². The molecule has 2 N–H and O–H groups in total. The molecule has 0 saturated heterocycles. The molecule has 0 spiro atoms. The summed E-state index contributed by atoms with van der Waals surface area (Å²) < 4.78 is 20.5. The maximum absolute atomic E-state index is 13.1. The highest BCUT2D eigenvalue weighted by Gasteiger charge is 2.25. The van der Waals surface area contributed by atoms with E-state index in [1.54, 1.807) is 23.8 Å². The summed E-state index contributed by atoms with van der Waals surface area (Å²) in [6.07, 6.45) is 2.51. The molecule has 44 heavy (non-hydrogen) atoms. The lowest BCUT2D eigenvalue weighted by molar-refractivity contribution is -0.117. The lowest BCUT2D eigenvalue weighted by atomic mass is 10.0. The lowest BCUT2D eigenvalue weighted by Gasteiger charge is -2.36. The molecule has 0 aliphatic heterocycles. The third kappa shape index (κ3) is 7.30. The predicted octanol–water partition coefficient (Wildman–Crippen LogP) is 6.23. The van der Waals surface area contributed by atoms with Gasteiger partial charge in [-0.1, -0.05) is 49.4 Å². The molecular formula is C35H38FN5O3. The van der Waals surface area contributed by atoms with Gasteiger partial charge in [0.1, 0.15) is 17.3 Å². The highest BCUT2D eigenvalue weighted by molar-refractivity contribution is 5.83. The highest BCUT2D eigenvalue weighted by Crippen LogP contribution is 2.30. The van der Waals surface area contributed by atoms with Crippen LogP contribution >= 0.6 is 0 Å². The minimum absolute atomic E-state index is 0.0746. The predicted molar refractivity (Wildman–Crippen MR) is 171 cm³/mol. The van der Waals surface area contributed by atoms with E-state index in [9.17, 15) is 14.3 Å². The van der Waals surface area contributed by atoms with Crippen LogP contribution in [0.5, 0.6) is 5.75 Å². The summed E-state index contributed by atoms with van der Waals surface area (Å²) in [6, 6.07) is 23.8. The number of Topliss-reactive ketones (excluding diaryl/α,β-unsaturated/α-hetero) is 1. The number of methoxy groups -OCH3 is 1. The Hall–Kier alpha value is -4.60. The number of halogens is 1. The van der Waals surface area contributed by atoms with Gasteiger partial charge in [0.15, 0.2) is 5.65 Å². The number of nitrogens with zero attached hydrogens (tertiary/aromatic N) is 4. The van der Waals surface area contributed by atoms with E-state index in [1.165, 1.54) is 12.1 Å². The number of rotatable bonds is 13. The van der Waals surface area contributed by atoms with Crippen molar-refractivity contribution in [1.82, 2.24) is 19.5 Å². The largest absolute Gasteiger partial charge is 0.495 e. The molecule has 5 rings (SSSR count). The van der Waals surface area contributed by atoms with Crippen molar-refractivity contribution in [3.05, 3.63) is 108 Å². The number of pyridine rings is 1. The standard InChI is InChI=1S/C35H38FN5O3/c1-5-40(35(2,3)23-42)21-26-10-16-31(32(20-26)44-4)37-34-38-33-17-13-28(22-41(33)39-34)27-11-6-24(7-12-27)18-30(43)19-25-8-14-29(36)15-9-25/h6-17,20,22,42H,5,18-19,21,23H2,1-4H3,(H,37,39). The number of ketones is 1. The molecule has 0 unspecified atom stereocenters. The minimum Gasteiger partial charge on any atom is -0.495 e. The first-order valence-corrected chi connectivity index (χ1v) is 14.7. The molecule has 5 aromatic rings. The Morgan fingerprint density at radius 2 is 1.59 bits per heavy atom. The fourth-order valence-corrected chi connectivity index (χ4v) is 5.17. The zero-order valence-electron chi connectivity index (χ0n) is 25.5. The Morgan fingerprint density at radius 3 is 2.23 bits per heavy atom. The Balaban J connectivity index is 1.26. The van der Waals surface area contributed by atoms with E-state index >= 15 is 0 Å². The molecule has 9 heteroatoms. The Morgan fingerprint density at radius 1 is 0.955 bits per heavy atom. The quantitative estimate of drug-likeness (QED) is 0.167. The number of benzene rings is 3. The molecule has 0 bridgehead atoms. The number of carbonyl (C=O) groups is 1. The second-order valence-electron chi connectivity index (χ2n) is 11.5. The first kappa shape index (κ1) is 30.8.